The molecule has 2 aliphatic rings. The lowest BCUT2D eigenvalue weighted by Gasteiger charge is -2.32. The van der Waals surface area contributed by atoms with Crippen molar-refractivity contribution in [1.82, 2.24) is 15.5 Å². The molecule has 6 heteroatoms. The first-order valence-corrected chi connectivity index (χ1v) is 8.81. The van der Waals surface area contributed by atoms with Gasteiger partial charge in [-0.05, 0) is 59.9 Å². The highest BCUT2D eigenvalue weighted by atomic mass is 16.6. The van der Waals surface area contributed by atoms with Gasteiger partial charge in [-0.1, -0.05) is 6.42 Å². The average molecular weight is 325 g/mol. The number of rotatable bonds is 3. The summed E-state index contributed by atoms with van der Waals surface area (Å²) in [7, 11) is 0. The molecule has 0 saturated carbocycles. The van der Waals surface area contributed by atoms with Crippen LogP contribution in [0, 0.1) is 0 Å². The van der Waals surface area contributed by atoms with Gasteiger partial charge in [-0.25, -0.2) is 4.79 Å². The second-order valence-electron chi connectivity index (χ2n) is 7.69. The topological polar surface area (TPSA) is 70.7 Å². The molecular formula is C17H31N3O3. The predicted octanol–water partition coefficient (Wildman–Crippen LogP) is 2.03. The number of hydrogen-bond acceptors (Lipinski definition) is 4. The first kappa shape index (κ1) is 18.0. The van der Waals surface area contributed by atoms with Gasteiger partial charge in [-0.2, -0.15) is 0 Å². The van der Waals surface area contributed by atoms with Crippen molar-refractivity contribution in [2.45, 2.75) is 83.5 Å². The summed E-state index contributed by atoms with van der Waals surface area (Å²) < 4.78 is 5.42. The molecule has 0 radical (unpaired) electrons. The van der Waals surface area contributed by atoms with Crippen LogP contribution in [0.4, 0.5) is 4.79 Å². The van der Waals surface area contributed by atoms with Crippen LogP contribution in [0.5, 0.6) is 0 Å². The fourth-order valence-corrected chi connectivity index (χ4v) is 3.31. The monoisotopic (exact) mass is 325 g/mol. The first-order valence-electron chi connectivity index (χ1n) is 8.81. The van der Waals surface area contributed by atoms with Gasteiger partial charge >= 0.3 is 6.09 Å². The number of ether oxygens (including phenoxy) is 1. The van der Waals surface area contributed by atoms with Gasteiger partial charge in [0.05, 0.1) is 0 Å². The van der Waals surface area contributed by atoms with E-state index >= 15 is 0 Å². The second kappa shape index (κ2) is 7.51. The van der Waals surface area contributed by atoms with Crippen LogP contribution in [0.25, 0.3) is 0 Å². The highest BCUT2D eigenvalue weighted by molar-refractivity contribution is 5.86. The largest absolute Gasteiger partial charge is 0.444 e. The molecule has 2 rings (SSSR count). The van der Waals surface area contributed by atoms with Crippen molar-refractivity contribution in [2.24, 2.45) is 0 Å². The third-order valence-corrected chi connectivity index (χ3v) is 4.51. The molecule has 2 fully saturated rings. The van der Waals surface area contributed by atoms with Crippen LogP contribution in [-0.2, 0) is 9.53 Å². The van der Waals surface area contributed by atoms with Crippen molar-refractivity contribution in [1.29, 1.82) is 0 Å². The van der Waals surface area contributed by atoms with E-state index in [1.807, 2.05) is 27.7 Å². The molecule has 3 atom stereocenters. The summed E-state index contributed by atoms with van der Waals surface area (Å²) in [6, 6.07) is -0.0103. The smallest absolute Gasteiger partial charge is 0.410 e. The molecule has 23 heavy (non-hydrogen) atoms. The summed E-state index contributed by atoms with van der Waals surface area (Å²) in [6.45, 7) is 9.15. The molecule has 0 spiro atoms. The third-order valence-electron chi connectivity index (χ3n) is 4.51. The van der Waals surface area contributed by atoms with Crippen LogP contribution in [0.2, 0.25) is 0 Å². The van der Waals surface area contributed by atoms with E-state index in [1.165, 1.54) is 12.8 Å². The Morgan fingerprint density at radius 1 is 1.22 bits per heavy atom. The zero-order valence-corrected chi connectivity index (χ0v) is 14.9. The van der Waals surface area contributed by atoms with Crippen LogP contribution in [-0.4, -0.2) is 53.7 Å². The summed E-state index contributed by atoms with van der Waals surface area (Å²) in [5.41, 5.74) is -0.542. The number of amides is 2. The van der Waals surface area contributed by atoms with Gasteiger partial charge in [0.1, 0.15) is 11.6 Å². The number of hydrogen-bond donors (Lipinski definition) is 2. The molecule has 132 valence electrons. The molecule has 0 bridgehead atoms. The van der Waals surface area contributed by atoms with Gasteiger partial charge in [0.15, 0.2) is 0 Å². The van der Waals surface area contributed by atoms with Crippen molar-refractivity contribution < 1.29 is 14.3 Å². The minimum atomic E-state index is -0.542. The predicted molar refractivity (Wildman–Crippen MR) is 89.2 cm³/mol. The minimum Gasteiger partial charge on any atom is -0.444 e. The lowest BCUT2D eigenvalue weighted by Crippen LogP contribution is -2.55. The van der Waals surface area contributed by atoms with E-state index in [1.54, 1.807) is 4.90 Å². The van der Waals surface area contributed by atoms with Crippen LogP contribution >= 0.6 is 0 Å². The van der Waals surface area contributed by atoms with Crippen molar-refractivity contribution in [3.05, 3.63) is 0 Å². The van der Waals surface area contributed by atoms with Crippen molar-refractivity contribution in [3.8, 4) is 0 Å². The van der Waals surface area contributed by atoms with E-state index in [2.05, 4.69) is 10.6 Å². The standard InChI is InChI=1S/C17H31N3O3/c1-12(13-8-5-6-10-18-13)19-15(21)14-9-7-11-20(14)16(22)23-17(2,3)4/h12-14,18H,5-11H2,1-4H3,(H,19,21). The van der Waals surface area contributed by atoms with Gasteiger partial charge in [-0.15, -0.1) is 0 Å². The van der Waals surface area contributed by atoms with Gasteiger partial charge in [0, 0.05) is 18.6 Å². The maximum absolute atomic E-state index is 12.6. The molecule has 0 aromatic rings. The van der Waals surface area contributed by atoms with Crippen LogP contribution < -0.4 is 10.6 Å². The van der Waals surface area contributed by atoms with E-state index in [-0.39, 0.29) is 11.9 Å². The maximum Gasteiger partial charge on any atom is 0.410 e. The zero-order valence-electron chi connectivity index (χ0n) is 14.9. The highest BCUT2D eigenvalue weighted by Gasteiger charge is 2.37. The van der Waals surface area contributed by atoms with E-state index < -0.39 is 17.7 Å². The van der Waals surface area contributed by atoms with E-state index in [4.69, 9.17) is 4.74 Å². The Morgan fingerprint density at radius 2 is 1.96 bits per heavy atom. The maximum atomic E-state index is 12.6. The van der Waals surface area contributed by atoms with Gasteiger partial charge in [-0.3, -0.25) is 9.69 Å². The van der Waals surface area contributed by atoms with Crippen LogP contribution in [0.1, 0.15) is 59.8 Å². The van der Waals surface area contributed by atoms with Crippen molar-refractivity contribution in [2.75, 3.05) is 13.1 Å². The molecule has 3 unspecified atom stereocenters. The quantitative estimate of drug-likeness (QED) is 0.833. The van der Waals surface area contributed by atoms with Crippen molar-refractivity contribution >= 4 is 12.0 Å². The Kier molecular flexibility index (Phi) is 5.89. The minimum absolute atomic E-state index is 0.0618. The van der Waals surface area contributed by atoms with E-state index in [0.717, 1.165) is 19.4 Å². The first-order chi connectivity index (χ1) is 10.8. The number of piperidine rings is 1. The van der Waals surface area contributed by atoms with Gasteiger partial charge in [0.2, 0.25) is 5.91 Å². The zero-order chi connectivity index (χ0) is 17.0. The molecule has 0 aliphatic carbocycles. The molecule has 2 N–H and O–H groups in total. The number of carbonyl (C=O) groups excluding carboxylic acids is 2. The number of nitrogens with zero attached hydrogens (tertiary/aromatic N) is 1. The molecule has 6 nitrogen and oxygen atoms in total. The van der Waals surface area contributed by atoms with Gasteiger partial charge in [0.25, 0.3) is 0 Å². The number of nitrogens with one attached hydrogen (secondary N) is 2. The average Bonchev–Trinajstić information content (AvgIpc) is 2.96. The normalized spacial score (nSPS) is 26.7. The molecule has 0 aromatic heterocycles. The van der Waals surface area contributed by atoms with E-state index in [0.29, 0.717) is 19.0 Å². The summed E-state index contributed by atoms with van der Waals surface area (Å²) in [6.07, 6.45) is 4.64. The number of carbonyl (C=O) groups is 2. The lowest BCUT2D eigenvalue weighted by molar-refractivity contribution is -0.126. The Balaban J connectivity index is 1.90. The molecule has 2 amide bonds. The fraction of sp³-hybridized carbons (Fsp3) is 0.882. The third kappa shape index (κ3) is 5.09. The fourth-order valence-electron chi connectivity index (χ4n) is 3.31. The summed E-state index contributed by atoms with van der Waals surface area (Å²) in [5, 5.41) is 6.55. The lowest BCUT2D eigenvalue weighted by atomic mass is 9.99. The Morgan fingerprint density at radius 3 is 2.57 bits per heavy atom. The Labute approximate surface area is 139 Å². The van der Waals surface area contributed by atoms with Crippen molar-refractivity contribution in [3.63, 3.8) is 0 Å². The molecule has 0 aromatic carbocycles. The molecule has 2 saturated heterocycles. The second-order valence-corrected chi connectivity index (χ2v) is 7.69. The summed E-state index contributed by atoms with van der Waals surface area (Å²) >= 11 is 0. The van der Waals surface area contributed by atoms with E-state index in [9.17, 15) is 9.59 Å². The molecular weight excluding hydrogens is 294 g/mol. The van der Waals surface area contributed by atoms with Crippen LogP contribution in [0.3, 0.4) is 0 Å². The Bertz CT molecular complexity index is 427. The molecule has 2 aliphatic heterocycles. The van der Waals surface area contributed by atoms with Crippen LogP contribution in [0.15, 0.2) is 0 Å². The Hall–Kier alpha value is -1.30. The summed E-state index contributed by atoms with van der Waals surface area (Å²) in [5.74, 6) is -0.0618. The highest BCUT2D eigenvalue weighted by Crippen LogP contribution is 2.21. The SMILES string of the molecule is CC(NC(=O)C1CCCN1C(=O)OC(C)(C)C)C1CCCCN1. The van der Waals surface area contributed by atoms with Gasteiger partial charge < -0.3 is 15.4 Å². The number of likely N-dealkylation sites (tertiary alicyclic amines) is 1. The summed E-state index contributed by atoms with van der Waals surface area (Å²) in [4.78, 5) is 26.4. The molecule has 2 heterocycles.